The third kappa shape index (κ3) is 6.72. The number of nitrogens with one attached hydrogen (secondary N) is 2. The van der Waals surface area contributed by atoms with Crippen molar-refractivity contribution < 1.29 is 36.3 Å². The summed E-state index contributed by atoms with van der Waals surface area (Å²) in [6, 6.07) is 12.0. The average molecular weight is 600 g/mol. The molecule has 2 N–H and O–H groups in total. The fraction of sp³-hybridized carbons (Fsp3) is 0.267. The summed E-state index contributed by atoms with van der Waals surface area (Å²) in [5.74, 6) is -2.66. The van der Waals surface area contributed by atoms with Crippen molar-refractivity contribution in [1.29, 1.82) is 0 Å². The van der Waals surface area contributed by atoms with Gasteiger partial charge in [0, 0.05) is 36.0 Å². The second-order valence-corrected chi connectivity index (χ2v) is 9.93. The van der Waals surface area contributed by atoms with Crippen LogP contribution in [-0.4, -0.2) is 40.2 Å². The predicted molar refractivity (Wildman–Crippen MR) is 145 cm³/mol. The van der Waals surface area contributed by atoms with E-state index in [0.717, 1.165) is 16.8 Å². The minimum absolute atomic E-state index is 0.00592. The minimum atomic E-state index is -4.71. The molecule has 43 heavy (non-hydrogen) atoms. The van der Waals surface area contributed by atoms with Crippen molar-refractivity contribution in [3.05, 3.63) is 106 Å². The molecule has 0 saturated heterocycles. The second-order valence-electron chi connectivity index (χ2n) is 9.93. The van der Waals surface area contributed by atoms with Crippen LogP contribution in [0.3, 0.4) is 0 Å². The number of alkyl halides is 3. The van der Waals surface area contributed by atoms with E-state index in [0.29, 0.717) is 28.5 Å². The summed E-state index contributed by atoms with van der Waals surface area (Å²) in [5, 5.41) is 9.01. The Bertz CT molecular complexity index is 1650. The van der Waals surface area contributed by atoms with Crippen molar-refractivity contribution in [2.75, 3.05) is 13.7 Å². The zero-order valence-corrected chi connectivity index (χ0v) is 22.8. The van der Waals surface area contributed by atoms with E-state index < -0.39 is 42.0 Å². The molecule has 1 atom stereocenters. The van der Waals surface area contributed by atoms with Gasteiger partial charge in [0.25, 0.3) is 5.91 Å². The molecule has 0 fully saturated rings. The number of fused-ring (bicyclic) bond motifs is 1. The zero-order valence-electron chi connectivity index (χ0n) is 22.8. The maximum atomic E-state index is 14.1. The molecule has 3 heterocycles. The van der Waals surface area contributed by atoms with Crippen molar-refractivity contribution in [2.24, 2.45) is 0 Å². The van der Waals surface area contributed by atoms with E-state index in [1.807, 2.05) is 0 Å². The van der Waals surface area contributed by atoms with Gasteiger partial charge in [-0.25, -0.2) is 8.78 Å². The number of carbonyl (C=O) groups excluding carboxylic acids is 2. The van der Waals surface area contributed by atoms with Crippen LogP contribution in [0.4, 0.5) is 22.0 Å². The molecular weight excluding hydrogens is 573 g/mol. The largest absolute Gasteiger partial charge is 0.435 e. The topological polar surface area (TPSA) is 98.1 Å². The first kappa shape index (κ1) is 29.8. The van der Waals surface area contributed by atoms with Crippen LogP contribution in [0.15, 0.2) is 60.8 Å². The Balaban J connectivity index is 1.51. The molecule has 0 saturated carbocycles. The highest BCUT2D eigenvalue weighted by atomic mass is 19.4. The Morgan fingerprint density at radius 2 is 1.84 bits per heavy atom. The molecule has 0 radical (unpaired) electrons. The van der Waals surface area contributed by atoms with Gasteiger partial charge < -0.3 is 15.4 Å². The summed E-state index contributed by atoms with van der Waals surface area (Å²) in [6.45, 7) is -0.600. The van der Waals surface area contributed by atoms with Crippen LogP contribution in [0.25, 0.3) is 11.1 Å². The van der Waals surface area contributed by atoms with E-state index in [2.05, 4.69) is 20.7 Å². The maximum Gasteiger partial charge on any atom is 0.435 e. The van der Waals surface area contributed by atoms with Gasteiger partial charge >= 0.3 is 6.18 Å². The molecule has 0 spiro atoms. The minimum Gasteiger partial charge on any atom is -0.375 e. The Labute approximate surface area is 242 Å². The fourth-order valence-corrected chi connectivity index (χ4v) is 5.13. The average Bonchev–Trinajstić information content (AvgIpc) is 3.35. The van der Waals surface area contributed by atoms with Crippen LogP contribution in [0.5, 0.6) is 0 Å². The smallest absolute Gasteiger partial charge is 0.375 e. The molecule has 8 nitrogen and oxygen atoms in total. The van der Waals surface area contributed by atoms with Crippen molar-refractivity contribution >= 4 is 11.8 Å². The van der Waals surface area contributed by atoms with Gasteiger partial charge in [0.2, 0.25) is 5.91 Å². The van der Waals surface area contributed by atoms with Gasteiger partial charge in [0.1, 0.15) is 18.2 Å². The van der Waals surface area contributed by atoms with Gasteiger partial charge in [-0.3, -0.25) is 19.3 Å². The summed E-state index contributed by atoms with van der Waals surface area (Å²) in [7, 11) is 1.49. The van der Waals surface area contributed by atoms with E-state index >= 15 is 0 Å². The quantitative estimate of drug-likeness (QED) is 0.285. The van der Waals surface area contributed by atoms with Gasteiger partial charge in [0.05, 0.1) is 30.6 Å². The molecule has 13 heteroatoms. The number of hydrogen-bond donors (Lipinski definition) is 2. The summed E-state index contributed by atoms with van der Waals surface area (Å²) >= 11 is 0. The fourth-order valence-electron chi connectivity index (χ4n) is 5.13. The molecule has 224 valence electrons. The van der Waals surface area contributed by atoms with Crippen LogP contribution in [-0.2, 0) is 41.7 Å². The number of pyridine rings is 1. The van der Waals surface area contributed by atoms with Gasteiger partial charge in [-0.1, -0.05) is 18.2 Å². The van der Waals surface area contributed by atoms with Gasteiger partial charge in [0.15, 0.2) is 5.69 Å². The molecule has 5 rings (SSSR count). The molecule has 1 aliphatic rings. The summed E-state index contributed by atoms with van der Waals surface area (Å²) in [4.78, 5) is 30.1. The summed E-state index contributed by atoms with van der Waals surface area (Å²) in [5.41, 5.74) is 1.09. The van der Waals surface area contributed by atoms with Crippen LogP contribution in [0.1, 0.15) is 44.6 Å². The van der Waals surface area contributed by atoms with Crippen LogP contribution in [0, 0.1) is 11.6 Å². The normalized spacial score (nSPS) is 13.7. The number of hydrogen-bond acceptors (Lipinski definition) is 5. The summed E-state index contributed by atoms with van der Waals surface area (Å²) < 4.78 is 75.5. The molecular formula is C30H26F5N5O3. The molecule has 0 bridgehead atoms. The van der Waals surface area contributed by atoms with E-state index in [9.17, 15) is 31.5 Å². The van der Waals surface area contributed by atoms with Crippen molar-refractivity contribution in [2.45, 2.75) is 38.2 Å². The molecule has 4 aromatic rings. The monoisotopic (exact) mass is 599 g/mol. The second kappa shape index (κ2) is 12.3. The summed E-state index contributed by atoms with van der Waals surface area (Å²) in [6.07, 6.45) is -3.33. The van der Waals surface area contributed by atoms with Gasteiger partial charge in [-0.05, 0) is 54.3 Å². The Morgan fingerprint density at radius 1 is 1.07 bits per heavy atom. The van der Waals surface area contributed by atoms with E-state index in [4.69, 9.17) is 4.74 Å². The molecule has 0 aliphatic carbocycles. The molecule has 1 aliphatic heterocycles. The van der Waals surface area contributed by atoms with Crippen LogP contribution >= 0.6 is 0 Å². The first-order chi connectivity index (χ1) is 20.5. The number of benzene rings is 2. The predicted octanol–water partition coefficient (Wildman–Crippen LogP) is 4.77. The lowest BCUT2D eigenvalue weighted by Crippen LogP contribution is -2.34. The number of ether oxygens (including phenoxy) is 1. The van der Waals surface area contributed by atoms with Crippen molar-refractivity contribution in [3.63, 3.8) is 0 Å². The highest BCUT2D eigenvalue weighted by molar-refractivity contribution is 5.95. The molecule has 2 aromatic carbocycles. The van der Waals surface area contributed by atoms with Crippen molar-refractivity contribution in [1.82, 2.24) is 25.4 Å². The zero-order chi connectivity index (χ0) is 30.7. The maximum absolute atomic E-state index is 14.1. The lowest BCUT2D eigenvalue weighted by atomic mass is 9.94. The highest BCUT2D eigenvalue weighted by Crippen LogP contribution is 2.35. The SMILES string of the molecule is CNC(=O)c1cccc(-c2cccnc2[C@H](Cc2cc(F)cc(F)c2)NC(=O)Cn2nc(C(F)(F)F)c3c2COCC3)c1. The Kier molecular flexibility index (Phi) is 8.53. The highest BCUT2D eigenvalue weighted by Gasteiger charge is 2.40. The van der Waals surface area contributed by atoms with E-state index in [1.54, 1.807) is 36.4 Å². The first-order valence-corrected chi connectivity index (χ1v) is 13.3. The number of nitrogens with zero attached hydrogens (tertiary/aromatic N) is 3. The van der Waals surface area contributed by atoms with Crippen LogP contribution < -0.4 is 10.6 Å². The van der Waals surface area contributed by atoms with Gasteiger partial charge in [-0.2, -0.15) is 18.3 Å². The number of carbonyl (C=O) groups is 2. The number of halogens is 5. The number of rotatable bonds is 8. The Morgan fingerprint density at radius 3 is 2.56 bits per heavy atom. The molecule has 0 unspecified atom stereocenters. The lowest BCUT2D eigenvalue weighted by Gasteiger charge is -2.22. The van der Waals surface area contributed by atoms with Crippen molar-refractivity contribution in [3.8, 4) is 11.1 Å². The standard InChI is InChI=1S/C30H26F5N5O3/c1-36-29(42)19-5-2-4-18(13-19)22-6-3-8-37-27(22)24(12-17-10-20(31)14-21(32)11-17)38-26(41)15-40-25-16-43-9-7-23(25)28(39-40)30(33,34)35/h2-6,8,10-11,13-14,24H,7,9,12,15-16H2,1H3,(H,36,42)(H,38,41)/t24-/m0/s1. The van der Waals surface area contributed by atoms with E-state index in [-0.39, 0.29) is 48.8 Å². The Hall–Kier alpha value is -4.65. The first-order valence-electron chi connectivity index (χ1n) is 13.3. The lowest BCUT2D eigenvalue weighted by molar-refractivity contribution is -0.142. The molecule has 2 aromatic heterocycles. The third-order valence-electron chi connectivity index (χ3n) is 6.99. The van der Waals surface area contributed by atoms with E-state index in [1.165, 1.54) is 13.2 Å². The number of amides is 2. The van der Waals surface area contributed by atoms with Gasteiger partial charge in [-0.15, -0.1) is 0 Å². The van der Waals surface area contributed by atoms with Crippen LogP contribution in [0.2, 0.25) is 0 Å². The number of aromatic nitrogens is 3. The molecule has 2 amide bonds. The third-order valence-corrected chi connectivity index (χ3v) is 6.99.